The van der Waals surface area contributed by atoms with Crippen LogP contribution in [0.15, 0.2) is 0 Å². The average Bonchev–Trinajstić information content (AvgIpc) is 2.59. The molecule has 1 aliphatic carbocycles. The molecule has 3 nitrogen and oxygen atoms in total. The average molecular weight is 254 g/mol. The first kappa shape index (κ1) is 13.3. The van der Waals surface area contributed by atoms with Gasteiger partial charge in [0.2, 0.25) is 10.0 Å². The van der Waals surface area contributed by atoms with Crippen LogP contribution in [0.3, 0.4) is 0 Å². The van der Waals surface area contributed by atoms with Gasteiger partial charge >= 0.3 is 0 Å². The van der Waals surface area contributed by atoms with Gasteiger partial charge in [-0.15, -0.1) is 11.6 Å². The van der Waals surface area contributed by atoms with Crippen molar-refractivity contribution >= 4 is 21.6 Å². The standard InChI is InChI=1S/C10H20ClNO2S/c1-9-3-4-10(7-9)8-12-15(13,14)6-2-5-11/h9-10,12H,2-8H2,1H3. The topological polar surface area (TPSA) is 46.2 Å². The Kier molecular flexibility index (Phi) is 5.36. The lowest BCUT2D eigenvalue weighted by Gasteiger charge is -2.11. The third-order valence-corrected chi connectivity index (χ3v) is 4.64. The van der Waals surface area contributed by atoms with Crippen LogP contribution in [0.5, 0.6) is 0 Å². The molecule has 0 aromatic carbocycles. The van der Waals surface area contributed by atoms with Gasteiger partial charge in [0.15, 0.2) is 0 Å². The van der Waals surface area contributed by atoms with E-state index < -0.39 is 10.0 Å². The van der Waals surface area contributed by atoms with Crippen LogP contribution in [-0.4, -0.2) is 26.6 Å². The molecule has 5 heteroatoms. The molecule has 0 aliphatic heterocycles. The van der Waals surface area contributed by atoms with Gasteiger partial charge in [0, 0.05) is 12.4 Å². The molecular weight excluding hydrogens is 234 g/mol. The monoisotopic (exact) mass is 253 g/mol. The molecule has 2 unspecified atom stereocenters. The zero-order valence-electron chi connectivity index (χ0n) is 9.21. The molecule has 0 radical (unpaired) electrons. The van der Waals surface area contributed by atoms with Gasteiger partial charge in [-0.25, -0.2) is 13.1 Å². The lowest BCUT2D eigenvalue weighted by molar-refractivity contribution is 0.498. The molecular formula is C10H20ClNO2S. The van der Waals surface area contributed by atoms with E-state index in [1.807, 2.05) is 0 Å². The van der Waals surface area contributed by atoms with Crippen molar-refractivity contribution in [3.63, 3.8) is 0 Å². The summed E-state index contributed by atoms with van der Waals surface area (Å²) < 4.78 is 25.6. The Balaban J connectivity index is 2.24. The minimum atomic E-state index is -3.08. The summed E-state index contributed by atoms with van der Waals surface area (Å²) in [4.78, 5) is 0. The summed E-state index contributed by atoms with van der Waals surface area (Å²) in [6.07, 6.45) is 4.06. The number of hydrogen-bond donors (Lipinski definition) is 1. The molecule has 0 aromatic heterocycles. The Bertz CT molecular complexity index is 279. The second-order valence-electron chi connectivity index (χ2n) is 4.49. The highest BCUT2D eigenvalue weighted by molar-refractivity contribution is 7.89. The normalized spacial score (nSPS) is 27.1. The Morgan fingerprint density at radius 1 is 1.40 bits per heavy atom. The van der Waals surface area contributed by atoms with E-state index >= 15 is 0 Å². The highest BCUT2D eigenvalue weighted by Gasteiger charge is 2.22. The molecule has 90 valence electrons. The number of hydrogen-bond acceptors (Lipinski definition) is 2. The van der Waals surface area contributed by atoms with E-state index in [9.17, 15) is 8.42 Å². The van der Waals surface area contributed by atoms with E-state index in [4.69, 9.17) is 11.6 Å². The van der Waals surface area contributed by atoms with Crippen LogP contribution in [0, 0.1) is 11.8 Å². The van der Waals surface area contributed by atoms with E-state index in [0.717, 1.165) is 18.8 Å². The highest BCUT2D eigenvalue weighted by atomic mass is 35.5. The van der Waals surface area contributed by atoms with Gasteiger partial charge in [-0.3, -0.25) is 0 Å². The molecule has 1 fully saturated rings. The summed E-state index contributed by atoms with van der Waals surface area (Å²) in [5.41, 5.74) is 0. The third-order valence-electron chi connectivity index (χ3n) is 2.94. The fourth-order valence-corrected chi connectivity index (χ4v) is 3.52. The van der Waals surface area contributed by atoms with Crippen molar-refractivity contribution < 1.29 is 8.42 Å². The Morgan fingerprint density at radius 2 is 2.13 bits per heavy atom. The van der Waals surface area contributed by atoms with Crippen LogP contribution in [0.2, 0.25) is 0 Å². The smallest absolute Gasteiger partial charge is 0.211 e. The molecule has 1 saturated carbocycles. The lowest BCUT2D eigenvalue weighted by atomic mass is 10.1. The second-order valence-corrected chi connectivity index (χ2v) is 6.80. The quantitative estimate of drug-likeness (QED) is 0.736. The maximum absolute atomic E-state index is 11.5. The number of rotatable bonds is 6. The van der Waals surface area contributed by atoms with E-state index in [1.165, 1.54) is 6.42 Å². The van der Waals surface area contributed by atoms with Crippen LogP contribution < -0.4 is 4.72 Å². The minimum absolute atomic E-state index is 0.152. The lowest BCUT2D eigenvalue weighted by Crippen LogP contribution is -2.30. The molecule has 0 heterocycles. The Labute approximate surface area is 97.6 Å². The van der Waals surface area contributed by atoms with Crippen molar-refractivity contribution in [3.05, 3.63) is 0 Å². The summed E-state index contributed by atoms with van der Waals surface area (Å²) >= 11 is 5.46. The van der Waals surface area contributed by atoms with Crippen LogP contribution in [-0.2, 0) is 10.0 Å². The second kappa shape index (κ2) is 6.06. The van der Waals surface area contributed by atoms with Gasteiger partial charge in [-0.2, -0.15) is 0 Å². The summed E-state index contributed by atoms with van der Waals surface area (Å²) in [5, 5.41) is 0. The minimum Gasteiger partial charge on any atom is -0.215 e. The first-order valence-corrected chi connectivity index (χ1v) is 7.75. The van der Waals surface area contributed by atoms with E-state index in [0.29, 0.717) is 24.8 Å². The zero-order chi connectivity index (χ0) is 11.3. The summed E-state index contributed by atoms with van der Waals surface area (Å²) in [6, 6.07) is 0. The molecule has 0 amide bonds. The predicted molar refractivity (Wildman–Crippen MR) is 63.6 cm³/mol. The Hall–Kier alpha value is 0.200. The molecule has 0 bridgehead atoms. The van der Waals surface area contributed by atoms with Crippen LogP contribution in [0.1, 0.15) is 32.6 Å². The fourth-order valence-electron chi connectivity index (χ4n) is 2.07. The van der Waals surface area contributed by atoms with Crippen LogP contribution in [0.4, 0.5) is 0 Å². The summed E-state index contributed by atoms with van der Waals surface area (Å²) in [6.45, 7) is 2.83. The van der Waals surface area contributed by atoms with Crippen molar-refractivity contribution in [1.29, 1.82) is 0 Å². The largest absolute Gasteiger partial charge is 0.215 e. The van der Waals surface area contributed by atoms with E-state index in [2.05, 4.69) is 11.6 Å². The molecule has 0 saturated heterocycles. The van der Waals surface area contributed by atoms with Gasteiger partial charge in [0.05, 0.1) is 5.75 Å². The van der Waals surface area contributed by atoms with Crippen molar-refractivity contribution in [2.45, 2.75) is 32.6 Å². The zero-order valence-corrected chi connectivity index (χ0v) is 10.8. The highest BCUT2D eigenvalue weighted by Crippen LogP contribution is 2.29. The third kappa shape index (κ3) is 5.18. The molecule has 15 heavy (non-hydrogen) atoms. The van der Waals surface area contributed by atoms with Crippen molar-refractivity contribution in [3.8, 4) is 0 Å². The van der Waals surface area contributed by atoms with E-state index in [1.54, 1.807) is 0 Å². The SMILES string of the molecule is CC1CCC(CNS(=O)(=O)CCCCl)C1. The maximum Gasteiger partial charge on any atom is 0.211 e. The summed E-state index contributed by atoms with van der Waals surface area (Å²) in [7, 11) is -3.08. The fraction of sp³-hybridized carbons (Fsp3) is 1.00. The first-order valence-electron chi connectivity index (χ1n) is 5.57. The van der Waals surface area contributed by atoms with Gasteiger partial charge in [-0.1, -0.05) is 13.3 Å². The maximum atomic E-state index is 11.5. The van der Waals surface area contributed by atoms with Crippen molar-refractivity contribution in [2.24, 2.45) is 11.8 Å². The van der Waals surface area contributed by atoms with Gasteiger partial charge < -0.3 is 0 Å². The molecule has 1 N–H and O–H groups in total. The number of sulfonamides is 1. The number of alkyl halides is 1. The van der Waals surface area contributed by atoms with Crippen LogP contribution >= 0.6 is 11.6 Å². The molecule has 0 aromatic rings. The molecule has 1 aliphatic rings. The van der Waals surface area contributed by atoms with Crippen molar-refractivity contribution in [1.82, 2.24) is 4.72 Å². The van der Waals surface area contributed by atoms with Crippen LogP contribution in [0.25, 0.3) is 0 Å². The van der Waals surface area contributed by atoms with Gasteiger partial charge in [0.25, 0.3) is 0 Å². The first-order chi connectivity index (χ1) is 7.03. The van der Waals surface area contributed by atoms with Gasteiger partial charge in [0.1, 0.15) is 0 Å². The van der Waals surface area contributed by atoms with Crippen molar-refractivity contribution in [2.75, 3.05) is 18.2 Å². The molecule has 0 spiro atoms. The predicted octanol–water partition coefficient (Wildman–Crippen LogP) is 1.97. The Morgan fingerprint density at radius 3 is 2.67 bits per heavy atom. The number of nitrogens with one attached hydrogen (secondary N) is 1. The molecule has 1 rings (SSSR count). The van der Waals surface area contributed by atoms with Gasteiger partial charge in [-0.05, 0) is 31.1 Å². The van der Waals surface area contributed by atoms with E-state index in [-0.39, 0.29) is 5.75 Å². The number of halogens is 1. The summed E-state index contributed by atoms with van der Waals surface area (Å²) in [5.74, 6) is 1.84. The molecule has 2 atom stereocenters.